The number of carbonyl (C=O) groups excluding carboxylic acids is 1. The van der Waals surface area contributed by atoms with Crippen LogP contribution in [0.25, 0.3) is 0 Å². The molecule has 1 amide bonds. The zero-order chi connectivity index (χ0) is 11.1. The molecule has 4 nitrogen and oxygen atoms in total. The van der Waals surface area contributed by atoms with E-state index in [9.17, 15) is 4.79 Å². The van der Waals surface area contributed by atoms with Crippen LogP contribution in [0.4, 0.5) is 5.69 Å². The molecule has 0 heterocycles. The third kappa shape index (κ3) is 4.10. The van der Waals surface area contributed by atoms with E-state index in [2.05, 4.69) is 5.32 Å². The number of rotatable bonds is 5. The van der Waals surface area contributed by atoms with Crippen LogP contribution in [0.3, 0.4) is 0 Å². The highest BCUT2D eigenvalue weighted by Crippen LogP contribution is 2.09. The Bertz CT molecular complexity index is 326. The minimum atomic E-state index is -0.147. The molecule has 4 heteroatoms. The highest BCUT2D eigenvalue weighted by molar-refractivity contribution is 5.91. The Morgan fingerprint density at radius 1 is 1.53 bits per heavy atom. The predicted octanol–water partition coefficient (Wildman–Crippen LogP) is 1.12. The van der Waals surface area contributed by atoms with Crippen LogP contribution in [0, 0.1) is 0 Å². The number of carbonyl (C=O) groups is 1. The van der Waals surface area contributed by atoms with E-state index in [1.807, 2.05) is 31.2 Å². The Morgan fingerprint density at radius 2 is 2.33 bits per heavy atom. The van der Waals surface area contributed by atoms with Crippen LogP contribution in [0.15, 0.2) is 24.3 Å². The standard InChI is InChI=1S/C11H16N2O2/c1-2-15-8-11(14)13-10-5-3-4-9(6-10)7-12/h3-6H,2,7-8,12H2,1H3,(H,13,14). The minimum Gasteiger partial charge on any atom is -0.372 e. The summed E-state index contributed by atoms with van der Waals surface area (Å²) in [6.07, 6.45) is 0. The van der Waals surface area contributed by atoms with Gasteiger partial charge < -0.3 is 15.8 Å². The molecule has 3 N–H and O–H groups in total. The molecule has 0 radical (unpaired) electrons. The Morgan fingerprint density at radius 3 is 3.00 bits per heavy atom. The van der Waals surface area contributed by atoms with Crippen molar-refractivity contribution in [3.05, 3.63) is 29.8 Å². The molecule has 0 fully saturated rings. The van der Waals surface area contributed by atoms with Crippen LogP contribution in [0.5, 0.6) is 0 Å². The van der Waals surface area contributed by atoms with E-state index in [-0.39, 0.29) is 12.5 Å². The van der Waals surface area contributed by atoms with E-state index < -0.39 is 0 Å². The van der Waals surface area contributed by atoms with Gasteiger partial charge in [-0.1, -0.05) is 12.1 Å². The maximum atomic E-state index is 11.3. The van der Waals surface area contributed by atoms with Gasteiger partial charge in [0, 0.05) is 18.8 Å². The van der Waals surface area contributed by atoms with E-state index in [4.69, 9.17) is 10.5 Å². The fourth-order valence-electron chi connectivity index (χ4n) is 1.17. The van der Waals surface area contributed by atoms with Crippen molar-refractivity contribution in [3.63, 3.8) is 0 Å². The van der Waals surface area contributed by atoms with Gasteiger partial charge in [0.25, 0.3) is 0 Å². The summed E-state index contributed by atoms with van der Waals surface area (Å²) in [5.41, 5.74) is 7.23. The lowest BCUT2D eigenvalue weighted by Crippen LogP contribution is -2.18. The van der Waals surface area contributed by atoms with Crippen molar-refractivity contribution in [2.24, 2.45) is 5.73 Å². The minimum absolute atomic E-state index is 0.0867. The van der Waals surface area contributed by atoms with E-state index in [1.54, 1.807) is 0 Å². The summed E-state index contributed by atoms with van der Waals surface area (Å²) >= 11 is 0. The van der Waals surface area contributed by atoms with Gasteiger partial charge in [-0.2, -0.15) is 0 Å². The van der Waals surface area contributed by atoms with Gasteiger partial charge in [-0.3, -0.25) is 4.79 Å². The van der Waals surface area contributed by atoms with Gasteiger partial charge >= 0.3 is 0 Å². The molecule has 0 saturated heterocycles. The zero-order valence-electron chi connectivity index (χ0n) is 8.82. The summed E-state index contributed by atoms with van der Waals surface area (Å²) in [5.74, 6) is -0.147. The van der Waals surface area contributed by atoms with Gasteiger partial charge in [-0.05, 0) is 24.6 Å². The third-order valence-electron chi connectivity index (χ3n) is 1.88. The first-order chi connectivity index (χ1) is 7.26. The Kier molecular flexibility index (Phi) is 4.80. The first-order valence-corrected chi connectivity index (χ1v) is 4.93. The van der Waals surface area contributed by atoms with E-state index in [0.29, 0.717) is 13.2 Å². The van der Waals surface area contributed by atoms with Gasteiger partial charge in [-0.25, -0.2) is 0 Å². The predicted molar refractivity (Wildman–Crippen MR) is 59.5 cm³/mol. The maximum Gasteiger partial charge on any atom is 0.250 e. The Hall–Kier alpha value is -1.39. The van der Waals surface area contributed by atoms with Crippen LogP contribution in [0.1, 0.15) is 12.5 Å². The first-order valence-electron chi connectivity index (χ1n) is 4.93. The molecule has 0 unspecified atom stereocenters. The van der Waals surface area contributed by atoms with E-state index >= 15 is 0 Å². The normalized spacial score (nSPS) is 10.0. The summed E-state index contributed by atoms with van der Waals surface area (Å²) in [6.45, 7) is 2.94. The SMILES string of the molecule is CCOCC(=O)Nc1cccc(CN)c1. The summed E-state index contributed by atoms with van der Waals surface area (Å²) in [7, 11) is 0. The first kappa shape index (κ1) is 11.7. The number of amides is 1. The Balaban J connectivity index is 2.52. The van der Waals surface area contributed by atoms with Crippen molar-refractivity contribution in [1.29, 1.82) is 0 Å². The number of hydrogen-bond donors (Lipinski definition) is 2. The smallest absolute Gasteiger partial charge is 0.250 e. The maximum absolute atomic E-state index is 11.3. The second-order valence-corrected chi connectivity index (χ2v) is 3.09. The second-order valence-electron chi connectivity index (χ2n) is 3.09. The molecule has 0 aliphatic rings. The molecule has 0 saturated carbocycles. The van der Waals surface area contributed by atoms with Crippen LogP contribution in [-0.2, 0) is 16.1 Å². The average Bonchev–Trinajstić information content (AvgIpc) is 2.26. The van der Waals surface area contributed by atoms with Crippen molar-refractivity contribution < 1.29 is 9.53 Å². The van der Waals surface area contributed by atoms with Crippen molar-refractivity contribution >= 4 is 11.6 Å². The molecule has 0 bridgehead atoms. The number of nitrogens with two attached hydrogens (primary N) is 1. The second kappa shape index (κ2) is 6.16. The van der Waals surface area contributed by atoms with E-state index in [1.165, 1.54) is 0 Å². The lowest BCUT2D eigenvalue weighted by molar-refractivity contribution is -0.120. The van der Waals surface area contributed by atoms with Crippen molar-refractivity contribution in [2.75, 3.05) is 18.5 Å². The largest absolute Gasteiger partial charge is 0.372 e. The Labute approximate surface area is 89.4 Å². The van der Waals surface area contributed by atoms with Crippen LogP contribution < -0.4 is 11.1 Å². The fourth-order valence-corrected chi connectivity index (χ4v) is 1.17. The number of anilines is 1. The van der Waals surface area contributed by atoms with Crippen LogP contribution >= 0.6 is 0 Å². The summed E-state index contributed by atoms with van der Waals surface area (Å²) in [5, 5.41) is 2.73. The fraction of sp³-hybridized carbons (Fsp3) is 0.364. The molecule has 1 aromatic carbocycles. The molecule has 0 aliphatic carbocycles. The van der Waals surface area contributed by atoms with Gasteiger partial charge in [0.2, 0.25) is 5.91 Å². The summed E-state index contributed by atoms with van der Waals surface area (Å²) < 4.78 is 4.99. The third-order valence-corrected chi connectivity index (χ3v) is 1.88. The molecule has 82 valence electrons. The quantitative estimate of drug-likeness (QED) is 0.762. The van der Waals surface area contributed by atoms with Gasteiger partial charge in [0.05, 0.1) is 0 Å². The number of ether oxygens (including phenoxy) is 1. The summed E-state index contributed by atoms with van der Waals surface area (Å²) in [6, 6.07) is 7.45. The number of hydrogen-bond acceptors (Lipinski definition) is 3. The topological polar surface area (TPSA) is 64.3 Å². The van der Waals surface area contributed by atoms with E-state index in [0.717, 1.165) is 11.3 Å². The molecular weight excluding hydrogens is 192 g/mol. The lowest BCUT2D eigenvalue weighted by atomic mass is 10.2. The van der Waals surface area contributed by atoms with Crippen molar-refractivity contribution in [3.8, 4) is 0 Å². The molecule has 15 heavy (non-hydrogen) atoms. The van der Waals surface area contributed by atoms with Crippen molar-refractivity contribution in [2.45, 2.75) is 13.5 Å². The van der Waals surface area contributed by atoms with Crippen LogP contribution in [-0.4, -0.2) is 19.1 Å². The van der Waals surface area contributed by atoms with Gasteiger partial charge in [-0.15, -0.1) is 0 Å². The molecule has 0 spiro atoms. The molecule has 0 aliphatic heterocycles. The molecule has 0 aromatic heterocycles. The molecular formula is C11H16N2O2. The molecule has 1 rings (SSSR count). The number of benzene rings is 1. The highest BCUT2D eigenvalue weighted by Gasteiger charge is 2.01. The lowest BCUT2D eigenvalue weighted by Gasteiger charge is -2.06. The average molecular weight is 208 g/mol. The zero-order valence-corrected chi connectivity index (χ0v) is 8.82. The summed E-state index contributed by atoms with van der Waals surface area (Å²) in [4.78, 5) is 11.3. The van der Waals surface area contributed by atoms with Crippen molar-refractivity contribution in [1.82, 2.24) is 0 Å². The van der Waals surface area contributed by atoms with Crippen LogP contribution in [0.2, 0.25) is 0 Å². The molecule has 1 aromatic rings. The molecule has 0 atom stereocenters. The van der Waals surface area contributed by atoms with Gasteiger partial charge in [0.1, 0.15) is 6.61 Å². The van der Waals surface area contributed by atoms with Gasteiger partial charge in [0.15, 0.2) is 0 Å². The number of nitrogens with one attached hydrogen (secondary N) is 1. The highest BCUT2D eigenvalue weighted by atomic mass is 16.5. The monoisotopic (exact) mass is 208 g/mol.